The normalized spacial score (nSPS) is 28.4. The Bertz CT molecular complexity index is 420. The van der Waals surface area contributed by atoms with Crippen molar-refractivity contribution in [2.75, 3.05) is 13.7 Å². The van der Waals surface area contributed by atoms with Gasteiger partial charge in [0, 0.05) is 11.5 Å². The number of halogens is 2. The first-order valence-corrected chi connectivity index (χ1v) is 5.69. The van der Waals surface area contributed by atoms with Crippen molar-refractivity contribution >= 4 is 0 Å². The van der Waals surface area contributed by atoms with Crippen LogP contribution in [0.1, 0.15) is 25.3 Å². The summed E-state index contributed by atoms with van der Waals surface area (Å²) in [5, 5.41) is 0. The third kappa shape index (κ3) is 2.02. The lowest BCUT2D eigenvalue weighted by Crippen LogP contribution is -2.14. The van der Waals surface area contributed by atoms with E-state index in [4.69, 9.17) is 9.47 Å². The molecular weight excluding hydrogens is 226 g/mol. The zero-order valence-electron chi connectivity index (χ0n) is 10.2. The van der Waals surface area contributed by atoms with E-state index in [9.17, 15) is 8.78 Å². The summed E-state index contributed by atoms with van der Waals surface area (Å²) in [7, 11) is 1.35. The standard InChI is InChI=1S/C13H16F2O2/c1-7-8(2)17-6-10(7)9-4-5-11(14)12(15)13(9)16-3/h4-5,7-8,10H,6H2,1-3H3. The maximum atomic E-state index is 13.6. The zero-order valence-corrected chi connectivity index (χ0v) is 10.2. The van der Waals surface area contributed by atoms with Gasteiger partial charge in [0.2, 0.25) is 5.82 Å². The first-order valence-electron chi connectivity index (χ1n) is 5.69. The van der Waals surface area contributed by atoms with Crippen molar-refractivity contribution < 1.29 is 18.3 Å². The molecule has 2 nitrogen and oxygen atoms in total. The van der Waals surface area contributed by atoms with Gasteiger partial charge in [0.1, 0.15) is 0 Å². The summed E-state index contributed by atoms with van der Waals surface area (Å²) in [5.74, 6) is -1.50. The van der Waals surface area contributed by atoms with E-state index in [-0.39, 0.29) is 23.7 Å². The van der Waals surface area contributed by atoms with Gasteiger partial charge in [-0.15, -0.1) is 0 Å². The number of benzene rings is 1. The SMILES string of the molecule is COc1c(C2COC(C)C2C)ccc(F)c1F. The Morgan fingerprint density at radius 1 is 1.29 bits per heavy atom. The number of hydrogen-bond acceptors (Lipinski definition) is 2. The predicted molar refractivity (Wildman–Crippen MR) is 60.2 cm³/mol. The van der Waals surface area contributed by atoms with Gasteiger partial charge >= 0.3 is 0 Å². The summed E-state index contributed by atoms with van der Waals surface area (Å²) < 4.78 is 37.2. The van der Waals surface area contributed by atoms with Crippen LogP contribution in [-0.2, 0) is 4.74 Å². The molecule has 1 aliphatic heterocycles. The molecule has 94 valence electrons. The third-order valence-corrected chi connectivity index (χ3v) is 3.60. The van der Waals surface area contributed by atoms with Gasteiger partial charge in [0.05, 0.1) is 19.8 Å². The van der Waals surface area contributed by atoms with E-state index in [0.29, 0.717) is 12.2 Å². The Hall–Kier alpha value is -1.16. The van der Waals surface area contributed by atoms with Crippen LogP contribution in [-0.4, -0.2) is 19.8 Å². The average molecular weight is 242 g/mol. The van der Waals surface area contributed by atoms with Gasteiger partial charge in [-0.25, -0.2) is 4.39 Å². The summed E-state index contributed by atoms with van der Waals surface area (Å²) in [6.07, 6.45) is 0.123. The van der Waals surface area contributed by atoms with E-state index in [1.54, 1.807) is 6.07 Å². The molecule has 0 amide bonds. The molecule has 0 bridgehead atoms. The molecule has 0 aliphatic carbocycles. The second kappa shape index (κ2) is 4.61. The van der Waals surface area contributed by atoms with Crippen molar-refractivity contribution in [3.63, 3.8) is 0 Å². The lowest BCUT2D eigenvalue weighted by atomic mass is 9.86. The fourth-order valence-corrected chi connectivity index (χ4v) is 2.31. The molecule has 3 atom stereocenters. The van der Waals surface area contributed by atoms with Crippen LogP contribution < -0.4 is 4.74 Å². The molecule has 0 spiro atoms. The quantitative estimate of drug-likeness (QED) is 0.793. The predicted octanol–water partition coefficient (Wildman–Crippen LogP) is 3.11. The minimum atomic E-state index is -0.920. The molecule has 1 fully saturated rings. The van der Waals surface area contributed by atoms with Crippen LogP contribution in [0.3, 0.4) is 0 Å². The summed E-state index contributed by atoms with van der Waals surface area (Å²) >= 11 is 0. The van der Waals surface area contributed by atoms with Crippen LogP contribution in [0.25, 0.3) is 0 Å². The Labute approximate surface area is 99.5 Å². The van der Waals surface area contributed by atoms with Crippen molar-refractivity contribution in [1.29, 1.82) is 0 Å². The van der Waals surface area contributed by atoms with Gasteiger partial charge in [-0.05, 0) is 18.9 Å². The highest BCUT2D eigenvalue weighted by molar-refractivity contribution is 5.39. The number of ether oxygens (including phenoxy) is 2. The van der Waals surface area contributed by atoms with Crippen molar-refractivity contribution in [2.24, 2.45) is 5.92 Å². The van der Waals surface area contributed by atoms with Gasteiger partial charge < -0.3 is 9.47 Å². The minimum Gasteiger partial charge on any atom is -0.493 e. The second-order valence-electron chi connectivity index (χ2n) is 4.49. The van der Waals surface area contributed by atoms with Gasteiger partial charge in [-0.1, -0.05) is 13.0 Å². The molecule has 0 N–H and O–H groups in total. The lowest BCUT2D eigenvalue weighted by molar-refractivity contribution is 0.109. The van der Waals surface area contributed by atoms with Crippen molar-refractivity contribution in [2.45, 2.75) is 25.9 Å². The molecule has 1 heterocycles. The summed E-state index contributed by atoms with van der Waals surface area (Å²) in [6.45, 7) is 4.55. The number of hydrogen-bond donors (Lipinski definition) is 0. The van der Waals surface area contributed by atoms with Gasteiger partial charge in [0.15, 0.2) is 11.6 Å². The largest absolute Gasteiger partial charge is 0.493 e. The van der Waals surface area contributed by atoms with Crippen molar-refractivity contribution in [1.82, 2.24) is 0 Å². The summed E-state index contributed by atoms with van der Waals surface area (Å²) in [4.78, 5) is 0. The average Bonchev–Trinajstić information content (AvgIpc) is 2.64. The van der Waals surface area contributed by atoms with Gasteiger partial charge in [0.25, 0.3) is 0 Å². The van der Waals surface area contributed by atoms with Crippen molar-refractivity contribution in [3.8, 4) is 5.75 Å². The van der Waals surface area contributed by atoms with E-state index in [2.05, 4.69) is 0 Å². The Morgan fingerprint density at radius 2 is 2.00 bits per heavy atom. The van der Waals surface area contributed by atoms with E-state index in [0.717, 1.165) is 6.07 Å². The molecule has 1 aliphatic rings. The minimum absolute atomic E-state index is 0.000417. The number of methoxy groups -OCH3 is 1. The van der Waals surface area contributed by atoms with E-state index < -0.39 is 11.6 Å². The zero-order chi connectivity index (χ0) is 12.6. The topological polar surface area (TPSA) is 18.5 Å². The highest BCUT2D eigenvalue weighted by Gasteiger charge is 2.34. The summed E-state index contributed by atoms with van der Waals surface area (Å²) in [6, 6.07) is 2.72. The molecule has 1 saturated heterocycles. The first-order chi connectivity index (χ1) is 8.06. The van der Waals surface area contributed by atoms with Crippen LogP contribution in [0.4, 0.5) is 8.78 Å². The van der Waals surface area contributed by atoms with Crippen LogP contribution >= 0.6 is 0 Å². The smallest absolute Gasteiger partial charge is 0.200 e. The Morgan fingerprint density at radius 3 is 2.53 bits per heavy atom. The third-order valence-electron chi connectivity index (χ3n) is 3.60. The molecule has 0 aromatic heterocycles. The van der Waals surface area contributed by atoms with Crippen LogP contribution in [0.15, 0.2) is 12.1 Å². The fourth-order valence-electron chi connectivity index (χ4n) is 2.31. The molecule has 1 aromatic carbocycles. The monoisotopic (exact) mass is 242 g/mol. The molecule has 2 rings (SSSR count). The maximum Gasteiger partial charge on any atom is 0.200 e. The fraction of sp³-hybridized carbons (Fsp3) is 0.538. The molecule has 0 saturated carbocycles. The van der Waals surface area contributed by atoms with Crippen LogP contribution in [0.2, 0.25) is 0 Å². The maximum absolute atomic E-state index is 13.6. The van der Waals surface area contributed by atoms with Crippen LogP contribution in [0, 0.1) is 17.6 Å². The Kier molecular flexibility index (Phi) is 3.33. The van der Waals surface area contributed by atoms with E-state index in [1.165, 1.54) is 7.11 Å². The lowest BCUT2D eigenvalue weighted by Gasteiger charge is -2.19. The molecule has 3 unspecified atom stereocenters. The molecule has 1 aromatic rings. The molecular formula is C13H16F2O2. The second-order valence-corrected chi connectivity index (χ2v) is 4.49. The van der Waals surface area contributed by atoms with Gasteiger partial charge in [-0.2, -0.15) is 4.39 Å². The Balaban J connectivity index is 2.42. The molecule has 4 heteroatoms. The first kappa shape index (κ1) is 12.3. The molecule has 17 heavy (non-hydrogen) atoms. The van der Waals surface area contributed by atoms with E-state index >= 15 is 0 Å². The van der Waals surface area contributed by atoms with Crippen molar-refractivity contribution in [3.05, 3.63) is 29.3 Å². The van der Waals surface area contributed by atoms with Gasteiger partial charge in [-0.3, -0.25) is 0 Å². The highest BCUT2D eigenvalue weighted by Crippen LogP contribution is 2.40. The van der Waals surface area contributed by atoms with E-state index in [1.807, 2.05) is 13.8 Å². The highest BCUT2D eigenvalue weighted by atomic mass is 19.2. The van der Waals surface area contributed by atoms with Crippen LogP contribution in [0.5, 0.6) is 5.75 Å². The summed E-state index contributed by atoms with van der Waals surface area (Å²) in [5.41, 5.74) is 0.684. The molecule has 0 radical (unpaired) electrons. The number of rotatable bonds is 2.